The molecule has 21 heavy (non-hydrogen) atoms. The monoisotopic (exact) mass is 301 g/mol. The fourth-order valence-electron chi connectivity index (χ4n) is 2.09. The molecule has 0 aromatic heterocycles. The van der Waals surface area contributed by atoms with E-state index < -0.39 is 35.4 Å². The van der Waals surface area contributed by atoms with E-state index in [1.165, 1.54) is 4.90 Å². The average Bonchev–Trinajstić information content (AvgIpc) is 2.23. The van der Waals surface area contributed by atoms with Crippen molar-refractivity contribution in [2.75, 3.05) is 6.54 Å². The predicted octanol–water partition coefficient (Wildman–Crippen LogP) is 2.09. The summed E-state index contributed by atoms with van der Waals surface area (Å²) in [6.45, 7) is 10.7. The van der Waals surface area contributed by atoms with Gasteiger partial charge in [0.15, 0.2) is 0 Å². The molecule has 1 amide bonds. The van der Waals surface area contributed by atoms with Crippen LogP contribution < -0.4 is 0 Å². The van der Waals surface area contributed by atoms with E-state index in [4.69, 9.17) is 9.47 Å². The highest BCUT2D eigenvalue weighted by atomic mass is 16.6. The lowest BCUT2D eigenvalue weighted by Crippen LogP contribution is -2.54. The van der Waals surface area contributed by atoms with Gasteiger partial charge in [-0.15, -0.1) is 0 Å². The number of ether oxygens (including phenoxy) is 2. The Morgan fingerprint density at radius 3 is 2.00 bits per heavy atom. The molecule has 6 heteroatoms. The summed E-state index contributed by atoms with van der Waals surface area (Å²) in [5.41, 5.74) is -1.27. The first-order valence-electron chi connectivity index (χ1n) is 7.29. The minimum atomic E-state index is -0.706. The molecule has 0 unspecified atom stereocenters. The summed E-state index contributed by atoms with van der Waals surface area (Å²) < 4.78 is 10.7. The highest BCUT2D eigenvalue weighted by Crippen LogP contribution is 2.23. The molecule has 0 radical (unpaired) electrons. The van der Waals surface area contributed by atoms with Gasteiger partial charge in [0.2, 0.25) is 0 Å². The molecular weight excluding hydrogens is 274 g/mol. The Morgan fingerprint density at radius 1 is 1.00 bits per heavy atom. The quantitative estimate of drug-likeness (QED) is 0.750. The first-order valence-corrected chi connectivity index (χ1v) is 7.29. The molecular formula is C15H27NO5. The number of carbonyl (C=O) groups is 2. The molecule has 1 saturated heterocycles. The third-order valence-electron chi connectivity index (χ3n) is 2.86. The van der Waals surface area contributed by atoms with Crippen molar-refractivity contribution in [2.45, 2.75) is 77.7 Å². The van der Waals surface area contributed by atoms with Crippen molar-refractivity contribution in [3.8, 4) is 0 Å². The molecule has 1 heterocycles. The van der Waals surface area contributed by atoms with E-state index in [1.54, 1.807) is 41.5 Å². The number of likely N-dealkylation sites (tertiary alicyclic amines) is 1. The standard InChI is InChI=1S/C15H27NO5/c1-14(2,3)20-12(18)11-8-7-10(17)9-16(11)13(19)21-15(4,5)6/h10-11,17H,7-9H2,1-6H3/t10-,11-/m1/s1. The van der Waals surface area contributed by atoms with Crippen molar-refractivity contribution in [3.63, 3.8) is 0 Å². The predicted molar refractivity (Wildman–Crippen MR) is 77.8 cm³/mol. The van der Waals surface area contributed by atoms with Crippen LogP contribution in [-0.4, -0.2) is 52.0 Å². The molecule has 122 valence electrons. The number of nitrogens with zero attached hydrogens (tertiary/aromatic N) is 1. The molecule has 1 aliphatic rings. The minimum Gasteiger partial charge on any atom is -0.458 e. The summed E-state index contributed by atoms with van der Waals surface area (Å²) in [7, 11) is 0. The number of hydrogen-bond donors (Lipinski definition) is 1. The van der Waals surface area contributed by atoms with Gasteiger partial charge in [-0.2, -0.15) is 0 Å². The Hall–Kier alpha value is -1.30. The maximum absolute atomic E-state index is 12.2. The molecule has 1 rings (SSSR count). The third kappa shape index (κ3) is 5.91. The number of rotatable bonds is 1. The normalized spacial score (nSPS) is 23.7. The van der Waals surface area contributed by atoms with Gasteiger partial charge in [-0.25, -0.2) is 9.59 Å². The molecule has 0 aromatic rings. The molecule has 0 saturated carbocycles. The molecule has 1 fully saturated rings. The van der Waals surface area contributed by atoms with Crippen molar-refractivity contribution < 1.29 is 24.2 Å². The van der Waals surface area contributed by atoms with Gasteiger partial charge in [-0.3, -0.25) is 4.90 Å². The maximum Gasteiger partial charge on any atom is 0.411 e. The lowest BCUT2D eigenvalue weighted by Gasteiger charge is -2.38. The lowest BCUT2D eigenvalue weighted by molar-refractivity contribution is -0.163. The average molecular weight is 301 g/mol. The maximum atomic E-state index is 12.2. The second-order valence-electron chi connectivity index (χ2n) is 7.41. The largest absolute Gasteiger partial charge is 0.458 e. The van der Waals surface area contributed by atoms with E-state index in [0.29, 0.717) is 12.8 Å². The highest BCUT2D eigenvalue weighted by molar-refractivity contribution is 5.82. The van der Waals surface area contributed by atoms with Crippen molar-refractivity contribution in [1.29, 1.82) is 0 Å². The fraction of sp³-hybridized carbons (Fsp3) is 0.867. The topological polar surface area (TPSA) is 76.1 Å². The van der Waals surface area contributed by atoms with Crippen LogP contribution in [-0.2, 0) is 14.3 Å². The summed E-state index contributed by atoms with van der Waals surface area (Å²) in [5, 5.41) is 9.76. The Labute approximate surface area is 126 Å². The summed E-state index contributed by atoms with van der Waals surface area (Å²) in [4.78, 5) is 25.7. The van der Waals surface area contributed by atoms with Gasteiger partial charge >= 0.3 is 12.1 Å². The van der Waals surface area contributed by atoms with Crippen LogP contribution in [0.1, 0.15) is 54.4 Å². The summed E-state index contributed by atoms with van der Waals surface area (Å²) in [6, 6.07) is -0.706. The van der Waals surface area contributed by atoms with Gasteiger partial charge in [0, 0.05) is 0 Å². The van der Waals surface area contributed by atoms with Crippen molar-refractivity contribution in [1.82, 2.24) is 4.90 Å². The molecule has 0 bridgehead atoms. The van der Waals surface area contributed by atoms with Gasteiger partial charge in [0.25, 0.3) is 0 Å². The van der Waals surface area contributed by atoms with E-state index in [0.717, 1.165) is 0 Å². The number of β-amino-alcohol motifs (C(OH)–C–C–N with tert-alkyl or cyclic N) is 1. The first kappa shape index (κ1) is 17.8. The van der Waals surface area contributed by atoms with Crippen LogP contribution in [0.25, 0.3) is 0 Å². The zero-order valence-corrected chi connectivity index (χ0v) is 13.8. The molecule has 0 spiro atoms. The number of carbonyl (C=O) groups excluding carboxylic acids is 2. The van der Waals surface area contributed by atoms with Crippen LogP contribution in [0.5, 0.6) is 0 Å². The summed E-state index contributed by atoms with van der Waals surface area (Å²) in [5.74, 6) is -0.458. The van der Waals surface area contributed by atoms with Gasteiger partial charge in [-0.1, -0.05) is 0 Å². The lowest BCUT2D eigenvalue weighted by atomic mass is 10.0. The Morgan fingerprint density at radius 2 is 1.52 bits per heavy atom. The van der Waals surface area contributed by atoms with Crippen LogP contribution in [0.4, 0.5) is 4.79 Å². The van der Waals surface area contributed by atoms with E-state index in [1.807, 2.05) is 0 Å². The molecule has 0 aliphatic carbocycles. The van der Waals surface area contributed by atoms with Crippen LogP contribution >= 0.6 is 0 Å². The van der Waals surface area contributed by atoms with Crippen molar-refractivity contribution in [3.05, 3.63) is 0 Å². The van der Waals surface area contributed by atoms with Crippen LogP contribution in [0.2, 0.25) is 0 Å². The van der Waals surface area contributed by atoms with E-state index in [9.17, 15) is 14.7 Å². The van der Waals surface area contributed by atoms with Gasteiger partial charge in [0.05, 0.1) is 12.6 Å². The second-order valence-corrected chi connectivity index (χ2v) is 7.41. The number of amides is 1. The van der Waals surface area contributed by atoms with Crippen molar-refractivity contribution >= 4 is 12.1 Å². The molecule has 2 atom stereocenters. The number of hydrogen-bond acceptors (Lipinski definition) is 5. The molecule has 6 nitrogen and oxygen atoms in total. The van der Waals surface area contributed by atoms with E-state index in [-0.39, 0.29) is 6.54 Å². The van der Waals surface area contributed by atoms with E-state index in [2.05, 4.69) is 0 Å². The minimum absolute atomic E-state index is 0.0822. The zero-order valence-electron chi connectivity index (χ0n) is 13.8. The highest BCUT2D eigenvalue weighted by Gasteiger charge is 2.39. The summed E-state index contributed by atoms with van der Waals surface area (Å²) >= 11 is 0. The fourth-order valence-corrected chi connectivity index (χ4v) is 2.09. The number of aliphatic hydroxyl groups is 1. The van der Waals surface area contributed by atoms with Gasteiger partial charge in [-0.05, 0) is 54.4 Å². The smallest absolute Gasteiger partial charge is 0.411 e. The number of esters is 1. The Balaban J connectivity index is 2.84. The second kappa shape index (κ2) is 6.22. The van der Waals surface area contributed by atoms with Gasteiger partial charge < -0.3 is 14.6 Å². The van der Waals surface area contributed by atoms with Crippen LogP contribution in [0.3, 0.4) is 0 Å². The van der Waals surface area contributed by atoms with Crippen LogP contribution in [0.15, 0.2) is 0 Å². The Bertz CT molecular complexity index is 394. The SMILES string of the molecule is CC(C)(C)OC(=O)[C@H]1CC[C@@H](O)CN1C(=O)OC(C)(C)C. The van der Waals surface area contributed by atoms with E-state index >= 15 is 0 Å². The zero-order chi connectivity index (χ0) is 16.4. The Kier molecular flexibility index (Phi) is 5.25. The van der Waals surface area contributed by atoms with Crippen LogP contribution in [0, 0.1) is 0 Å². The molecule has 1 N–H and O–H groups in total. The van der Waals surface area contributed by atoms with Gasteiger partial charge in [0.1, 0.15) is 17.2 Å². The number of piperidine rings is 1. The molecule has 1 aliphatic heterocycles. The molecule has 0 aromatic carbocycles. The first-order chi connectivity index (χ1) is 9.39. The van der Waals surface area contributed by atoms with Crippen molar-refractivity contribution in [2.24, 2.45) is 0 Å². The number of aliphatic hydroxyl groups excluding tert-OH is 1. The summed E-state index contributed by atoms with van der Waals surface area (Å²) in [6.07, 6.45) is -0.410. The third-order valence-corrected chi connectivity index (χ3v) is 2.86.